The lowest BCUT2D eigenvalue weighted by atomic mass is 10.0. The monoisotopic (exact) mass is 392 g/mol. The van der Waals surface area contributed by atoms with Crippen LogP contribution >= 0.6 is 0 Å². The highest BCUT2D eigenvalue weighted by Crippen LogP contribution is 2.29. The normalized spacial score (nSPS) is 13.9. The van der Waals surface area contributed by atoms with Crippen LogP contribution in [-0.2, 0) is 16.1 Å². The molecule has 1 N–H and O–H groups in total. The Hall–Kier alpha value is -1.74. The van der Waals surface area contributed by atoms with E-state index in [-0.39, 0.29) is 17.0 Å². The lowest BCUT2D eigenvalue weighted by Crippen LogP contribution is -2.27. The van der Waals surface area contributed by atoms with Gasteiger partial charge in [0.15, 0.2) is 0 Å². The van der Waals surface area contributed by atoms with Gasteiger partial charge in [-0.15, -0.1) is 0 Å². The molecule has 1 atom stereocenters. The van der Waals surface area contributed by atoms with Gasteiger partial charge in [0.2, 0.25) is 0 Å². The van der Waals surface area contributed by atoms with Crippen LogP contribution in [0.3, 0.4) is 0 Å². The van der Waals surface area contributed by atoms with Crippen molar-refractivity contribution < 1.29 is 27.3 Å². The number of halogens is 3. The molecule has 0 unspecified atom stereocenters. The van der Waals surface area contributed by atoms with E-state index in [1.807, 2.05) is 0 Å². The highest BCUT2D eigenvalue weighted by Gasteiger charge is 2.28. The molecule has 0 aliphatic rings. The Bertz CT molecular complexity index is 689. The largest absolute Gasteiger partial charge is 0.591 e. The van der Waals surface area contributed by atoms with Gasteiger partial charge in [0.05, 0.1) is 17.4 Å². The number of rotatable bonds is 5. The predicted octanol–water partition coefficient (Wildman–Crippen LogP) is 4.99. The zero-order valence-electron chi connectivity index (χ0n) is 15.5. The topological polar surface area (TPSA) is 73.8 Å². The molecule has 0 saturated heterocycles. The van der Waals surface area contributed by atoms with E-state index in [1.165, 1.54) is 6.92 Å². The summed E-state index contributed by atoms with van der Waals surface area (Å²) in [6.45, 7) is 9.66. The van der Waals surface area contributed by atoms with Gasteiger partial charge < -0.3 is 9.29 Å². The summed E-state index contributed by atoms with van der Waals surface area (Å²) in [7, 11) is 0. The maximum atomic E-state index is 14.4. The molecular formula is C17H23F3N2O3S. The Morgan fingerprint density at radius 3 is 2.35 bits per heavy atom. The van der Waals surface area contributed by atoms with Gasteiger partial charge in [-0.25, -0.2) is 18.0 Å². The average molecular weight is 392 g/mol. The lowest BCUT2D eigenvalue weighted by Gasteiger charge is -2.19. The van der Waals surface area contributed by atoms with E-state index >= 15 is 0 Å². The number of alkyl halides is 2. The van der Waals surface area contributed by atoms with E-state index in [1.54, 1.807) is 34.6 Å². The molecule has 0 radical (unpaired) electrons. The molecule has 0 aromatic heterocycles. The first-order chi connectivity index (χ1) is 11.8. The van der Waals surface area contributed by atoms with E-state index in [4.69, 9.17) is 4.74 Å². The number of carbonyl (C=O) groups excluding carboxylic acids is 1. The second kappa shape index (κ2) is 8.77. The molecule has 1 aromatic carbocycles. The fourth-order valence-corrected chi connectivity index (χ4v) is 2.43. The van der Waals surface area contributed by atoms with Crippen LogP contribution in [0.2, 0.25) is 0 Å². The Morgan fingerprint density at radius 2 is 1.88 bits per heavy atom. The van der Waals surface area contributed by atoms with Crippen LogP contribution < -0.4 is 5.32 Å². The molecule has 0 saturated carbocycles. The van der Waals surface area contributed by atoms with Crippen LogP contribution in [0.1, 0.15) is 59.1 Å². The van der Waals surface area contributed by atoms with Crippen molar-refractivity contribution in [1.29, 1.82) is 0 Å². The molecule has 0 fully saturated rings. The third-order valence-corrected chi connectivity index (χ3v) is 4.55. The number of benzene rings is 1. The van der Waals surface area contributed by atoms with Gasteiger partial charge in [0.25, 0.3) is 6.43 Å². The van der Waals surface area contributed by atoms with Gasteiger partial charge >= 0.3 is 6.09 Å². The number of hydrogen-bond acceptors (Lipinski definition) is 4. The van der Waals surface area contributed by atoms with Crippen molar-refractivity contribution in [2.45, 2.75) is 58.8 Å². The van der Waals surface area contributed by atoms with Crippen molar-refractivity contribution in [2.75, 3.05) is 5.32 Å². The highest BCUT2D eigenvalue weighted by atomic mass is 32.2. The van der Waals surface area contributed by atoms with Gasteiger partial charge in [-0.1, -0.05) is 4.40 Å². The molecule has 0 spiro atoms. The zero-order chi connectivity index (χ0) is 20.2. The summed E-state index contributed by atoms with van der Waals surface area (Å²) in [5.74, 6) is -1.17. The number of ether oxygens (including phenoxy) is 1. The molecule has 0 bridgehead atoms. The van der Waals surface area contributed by atoms with Crippen molar-refractivity contribution in [1.82, 2.24) is 0 Å². The lowest BCUT2D eigenvalue weighted by molar-refractivity contribution is 0.129. The molecule has 146 valence electrons. The zero-order valence-corrected chi connectivity index (χ0v) is 16.3. The fourth-order valence-electron chi connectivity index (χ4n) is 1.81. The van der Waals surface area contributed by atoms with Gasteiger partial charge in [0, 0.05) is 11.3 Å². The molecule has 1 amide bonds. The third kappa shape index (κ3) is 6.21. The van der Waals surface area contributed by atoms with Crippen molar-refractivity contribution >= 4 is 28.9 Å². The first-order valence-corrected chi connectivity index (χ1v) is 9.00. The Morgan fingerprint density at radius 1 is 1.31 bits per heavy atom. The first-order valence-electron chi connectivity index (χ1n) is 7.89. The van der Waals surface area contributed by atoms with Crippen molar-refractivity contribution in [3.8, 4) is 0 Å². The molecule has 26 heavy (non-hydrogen) atoms. The highest BCUT2D eigenvalue weighted by molar-refractivity contribution is 7.91. The number of carbonyl (C=O) groups is 1. The van der Waals surface area contributed by atoms with Crippen LogP contribution in [0, 0.1) is 5.82 Å². The Kier molecular flexibility index (Phi) is 7.52. The molecule has 1 aromatic rings. The number of hydrogen-bond donors (Lipinski definition) is 1. The minimum absolute atomic E-state index is 0.0152. The molecule has 9 heteroatoms. The minimum Gasteiger partial charge on any atom is -0.591 e. The number of amides is 1. The summed E-state index contributed by atoms with van der Waals surface area (Å²) < 4.78 is 61.0. The van der Waals surface area contributed by atoms with Gasteiger partial charge in [-0.05, 0) is 53.7 Å². The molecule has 0 heterocycles. The van der Waals surface area contributed by atoms with Gasteiger partial charge in [0.1, 0.15) is 21.9 Å². The van der Waals surface area contributed by atoms with Crippen LogP contribution in [0.15, 0.2) is 16.5 Å². The minimum atomic E-state index is -3.10. The summed E-state index contributed by atoms with van der Waals surface area (Å²) in [6.07, 6.45) is -4.37. The molecule has 0 aliphatic heterocycles. The summed E-state index contributed by atoms with van der Waals surface area (Å²) in [5.41, 5.74) is -1.24. The second-order valence-corrected chi connectivity index (χ2v) is 8.75. The smallest absolute Gasteiger partial charge is 0.411 e. The number of nitrogens with one attached hydrogen (secondary N) is 1. The van der Waals surface area contributed by atoms with Crippen LogP contribution in [0.4, 0.5) is 23.7 Å². The van der Waals surface area contributed by atoms with Crippen molar-refractivity contribution in [3.05, 3.63) is 29.1 Å². The third-order valence-electron chi connectivity index (χ3n) is 3.06. The van der Waals surface area contributed by atoms with Gasteiger partial charge in [-0.2, -0.15) is 0 Å². The van der Waals surface area contributed by atoms with Crippen molar-refractivity contribution in [2.24, 2.45) is 4.40 Å². The van der Waals surface area contributed by atoms with E-state index in [0.717, 1.165) is 12.1 Å². The predicted molar refractivity (Wildman–Crippen MR) is 96.7 cm³/mol. The maximum Gasteiger partial charge on any atom is 0.411 e. The van der Waals surface area contributed by atoms with Crippen molar-refractivity contribution in [3.63, 3.8) is 0 Å². The van der Waals surface area contributed by atoms with E-state index in [2.05, 4.69) is 9.71 Å². The fraction of sp³-hybridized carbons (Fsp3) is 0.529. The maximum absolute atomic E-state index is 14.4. The van der Waals surface area contributed by atoms with E-state index in [0.29, 0.717) is 0 Å². The molecular weight excluding hydrogens is 369 g/mol. The molecule has 0 aliphatic carbocycles. The Balaban J connectivity index is 3.33. The number of nitrogens with zero attached hydrogens (tertiary/aromatic N) is 1. The van der Waals surface area contributed by atoms with Crippen LogP contribution in [-0.4, -0.2) is 27.2 Å². The summed E-state index contributed by atoms with van der Waals surface area (Å²) >= 11 is -1.70. The van der Waals surface area contributed by atoms with Crippen LogP contribution in [0.5, 0.6) is 0 Å². The van der Waals surface area contributed by atoms with Crippen LogP contribution in [0.25, 0.3) is 0 Å². The summed E-state index contributed by atoms with van der Waals surface area (Å²) in [4.78, 5) is 11.7. The SMILES string of the molecule is C/C(=N/[S@+]([O-])C(C)(C)C)c1cc(NC(=O)OC(C)C)cc(C(F)F)c1F. The quantitative estimate of drug-likeness (QED) is 0.567. The van der Waals surface area contributed by atoms with Gasteiger partial charge in [-0.3, -0.25) is 5.32 Å². The Labute approximate surface area is 154 Å². The first kappa shape index (κ1) is 22.3. The molecule has 5 nitrogen and oxygen atoms in total. The second-order valence-electron chi connectivity index (χ2n) is 6.85. The van der Waals surface area contributed by atoms with E-state index < -0.39 is 46.1 Å². The number of anilines is 1. The molecule has 1 rings (SSSR count). The summed E-state index contributed by atoms with van der Waals surface area (Å²) in [5, 5.41) is 2.28. The van der Waals surface area contributed by atoms with E-state index in [9.17, 15) is 22.5 Å². The standard InChI is InChI=1S/C17H23F3N2O3S/c1-9(2)25-16(23)21-11-7-12(14(18)13(8-11)15(19)20)10(3)22-26(24)17(4,5)6/h7-9,15H,1-6H3,(H,21,23)/b22-10-/t26-/m1/s1. The average Bonchev–Trinajstić information content (AvgIpc) is 2.46. The summed E-state index contributed by atoms with van der Waals surface area (Å²) in [6, 6.07) is 1.99.